The molecule has 2 aromatic heterocycles. The van der Waals surface area contributed by atoms with Crippen molar-refractivity contribution in [2.75, 3.05) is 37.4 Å². The smallest absolute Gasteiger partial charge is 0.291 e. The van der Waals surface area contributed by atoms with Gasteiger partial charge < -0.3 is 15.1 Å². The Morgan fingerprint density at radius 3 is 2.65 bits per heavy atom. The molecule has 1 fully saturated rings. The van der Waals surface area contributed by atoms with E-state index in [1.165, 1.54) is 4.90 Å². The van der Waals surface area contributed by atoms with Crippen LogP contribution in [-0.2, 0) is 0 Å². The van der Waals surface area contributed by atoms with Crippen LogP contribution in [0.3, 0.4) is 0 Å². The molecule has 0 saturated carbocycles. The maximum absolute atomic E-state index is 12.3. The molecular formula is C19H26N6O. The molecule has 138 valence electrons. The van der Waals surface area contributed by atoms with Crippen molar-refractivity contribution in [2.24, 2.45) is 0 Å². The SMILES string of the molecule is Cc1cccc(N[C@@H]2CCN(c3nc(C(=O)N(C)C)nc(C)c3C)C2)n1. The summed E-state index contributed by atoms with van der Waals surface area (Å²) in [7, 11) is 3.43. The number of carbonyl (C=O) groups is 1. The van der Waals surface area contributed by atoms with E-state index in [0.717, 1.165) is 48.1 Å². The van der Waals surface area contributed by atoms with Gasteiger partial charge in [-0.25, -0.2) is 15.0 Å². The number of nitrogens with zero attached hydrogens (tertiary/aromatic N) is 5. The Balaban J connectivity index is 1.78. The van der Waals surface area contributed by atoms with E-state index in [2.05, 4.69) is 25.2 Å². The van der Waals surface area contributed by atoms with Gasteiger partial charge in [-0.05, 0) is 39.3 Å². The predicted octanol–water partition coefficient (Wildman–Crippen LogP) is 2.19. The lowest BCUT2D eigenvalue weighted by Crippen LogP contribution is -2.30. The average molecular weight is 354 g/mol. The Kier molecular flexibility index (Phi) is 5.06. The normalized spacial score (nSPS) is 16.7. The minimum atomic E-state index is -0.174. The highest BCUT2D eigenvalue weighted by Gasteiger charge is 2.27. The molecule has 3 rings (SSSR count). The fourth-order valence-corrected chi connectivity index (χ4v) is 3.12. The first-order valence-electron chi connectivity index (χ1n) is 8.87. The molecule has 1 aliphatic heterocycles. The van der Waals surface area contributed by atoms with Gasteiger partial charge in [0.1, 0.15) is 11.6 Å². The van der Waals surface area contributed by atoms with Gasteiger partial charge >= 0.3 is 0 Å². The Morgan fingerprint density at radius 1 is 1.19 bits per heavy atom. The van der Waals surface area contributed by atoms with E-state index in [4.69, 9.17) is 0 Å². The molecule has 0 spiro atoms. The molecule has 0 unspecified atom stereocenters. The molecule has 1 saturated heterocycles. The second kappa shape index (κ2) is 7.27. The minimum Gasteiger partial charge on any atom is -0.365 e. The molecule has 1 N–H and O–H groups in total. The van der Waals surface area contributed by atoms with Gasteiger partial charge in [-0.1, -0.05) is 6.07 Å². The summed E-state index contributed by atoms with van der Waals surface area (Å²) in [6.45, 7) is 7.63. The van der Waals surface area contributed by atoms with Crippen molar-refractivity contribution < 1.29 is 4.79 Å². The maximum Gasteiger partial charge on any atom is 0.291 e. The average Bonchev–Trinajstić information content (AvgIpc) is 3.04. The lowest BCUT2D eigenvalue weighted by atomic mass is 10.2. The van der Waals surface area contributed by atoms with E-state index < -0.39 is 0 Å². The van der Waals surface area contributed by atoms with Crippen LogP contribution >= 0.6 is 0 Å². The summed E-state index contributed by atoms with van der Waals surface area (Å²) in [5.41, 5.74) is 2.87. The van der Waals surface area contributed by atoms with Crippen LogP contribution < -0.4 is 10.2 Å². The summed E-state index contributed by atoms with van der Waals surface area (Å²) in [5.74, 6) is 1.83. The lowest BCUT2D eigenvalue weighted by molar-refractivity contribution is 0.0815. The van der Waals surface area contributed by atoms with Crippen LogP contribution in [0.5, 0.6) is 0 Å². The minimum absolute atomic E-state index is 0.174. The summed E-state index contributed by atoms with van der Waals surface area (Å²) in [6, 6.07) is 6.28. The number of rotatable bonds is 4. The van der Waals surface area contributed by atoms with Crippen molar-refractivity contribution in [3.05, 3.63) is 41.0 Å². The molecule has 3 heterocycles. The third kappa shape index (κ3) is 3.76. The van der Waals surface area contributed by atoms with Crippen molar-refractivity contribution in [1.29, 1.82) is 0 Å². The molecule has 7 heteroatoms. The van der Waals surface area contributed by atoms with E-state index in [9.17, 15) is 4.79 Å². The molecule has 0 bridgehead atoms. The summed E-state index contributed by atoms with van der Waals surface area (Å²) in [6.07, 6.45) is 0.995. The van der Waals surface area contributed by atoms with Crippen LogP contribution in [0.4, 0.5) is 11.6 Å². The first kappa shape index (κ1) is 18.1. The van der Waals surface area contributed by atoms with E-state index in [-0.39, 0.29) is 11.7 Å². The fourth-order valence-electron chi connectivity index (χ4n) is 3.12. The zero-order chi connectivity index (χ0) is 18.8. The molecule has 2 aromatic rings. The van der Waals surface area contributed by atoms with Crippen LogP contribution in [-0.4, -0.2) is 59.0 Å². The second-order valence-electron chi connectivity index (χ2n) is 7.02. The number of anilines is 2. The van der Waals surface area contributed by atoms with Gasteiger partial charge in [0.2, 0.25) is 5.82 Å². The zero-order valence-electron chi connectivity index (χ0n) is 16.1. The molecule has 1 amide bonds. The van der Waals surface area contributed by atoms with Crippen molar-refractivity contribution in [1.82, 2.24) is 19.9 Å². The van der Waals surface area contributed by atoms with Gasteiger partial charge in [-0.3, -0.25) is 4.79 Å². The second-order valence-corrected chi connectivity index (χ2v) is 7.02. The van der Waals surface area contributed by atoms with Gasteiger partial charge in [-0.15, -0.1) is 0 Å². The maximum atomic E-state index is 12.3. The lowest BCUT2D eigenvalue weighted by Gasteiger charge is -2.22. The molecular weight excluding hydrogens is 328 g/mol. The number of carbonyl (C=O) groups excluding carboxylic acids is 1. The summed E-state index contributed by atoms with van der Waals surface area (Å²) >= 11 is 0. The Hall–Kier alpha value is -2.70. The largest absolute Gasteiger partial charge is 0.365 e. The van der Waals surface area contributed by atoms with Crippen molar-refractivity contribution in [3.63, 3.8) is 0 Å². The highest BCUT2D eigenvalue weighted by Crippen LogP contribution is 2.25. The third-order valence-electron chi connectivity index (χ3n) is 4.69. The molecule has 7 nitrogen and oxygen atoms in total. The third-order valence-corrected chi connectivity index (χ3v) is 4.69. The first-order chi connectivity index (χ1) is 12.3. The van der Waals surface area contributed by atoms with Crippen LogP contribution in [0.15, 0.2) is 18.2 Å². The van der Waals surface area contributed by atoms with Gasteiger partial charge in [-0.2, -0.15) is 0 Å². The molecule has 0 aliphatic carbocycles. The highest BCUT2D eigenvalue weighted by atomic mass is 16.2. The number of amides is 1. The molecule has 0 aromatic carbocycles. The van der Waals surface area contributed by atoms with E-state index in [0.29, 0.717) is 6.04 Å². The molecule has 1 atom stereocenters. The topological polar surface area (TPSA) is 74.2 Å². The number of aryl methyl sites for hydroxylation is 2. The van der Waals surface area contributed by atoms with E-state index >= 15 is 0 Å². The standard InChI is InChI=1S/C19H26N6O/c1-12-7-6-8-16(20-12)22-15-9-10-25(11-15)18-13(2)14(3)21-17(23-18)19(26)24(4)5/h6-8,15H,9-11H2,1-5H3,(H,20,22)/t15-/m1/s1. The Morgan fingerprint density at radius 2 is 1.96 bits per heavy atom. The molecule has 1 aliphatic rings. The number of hydrogen-bond donors (Lipinski definition) is 1. The van der Waals surface area contributed by atoms with Crippen molar-refractivity contribution >= 4 is 17.5 Å². The summed E-state index contributed by atoms with van der Waals surface area (Å²) in [5, 5.41) is 3.50. The van der Waals surface area contributed by atoms with Crippen molar-refractivity contribution in [2.45, 2.75) is 33.2 Å². The van der Waals surface area contributed by atoms with Crippen LogP contribution in [0.2, 0.25) is 0 Å². The van der Waals surface area contributed by atoms with Gasteiger partial charge in [0, 0.05) is 50.2 Å². The van der Waals surface area contributed by atoms with E-state index in [1.807, 2.05) is 39.0 Å². The van der Waals surface area contributed by atoms with Crippen LogP contribution in [0, 0.1) is 20.8 Å². The fraction of sp³-hybridized carbons (Fsp3) is 0.474. The van der Waals surface area contributed by atoms with Crippen LogP contribution in [0.1, 0.15) is 34.0 Å². The monoisotopic (exact) mass is 354 g/mol. The van der Waals surface area contributed by atoms with E-state index in [1.54, 1.807) is 14.1 Å². The number of aromatic nitrogens is 3. The number of hydrogen-bond acceptors (Lipinski definition) is 6. The van der Waals surface area contributed by atoms with Gasteiger partial charge in [0.25, 0.3) is 5.91 Å². The van der Waals surface area contributed by atoms with Crippen molar-refractivity contribution in [3.8, 4) is 0 Å². The highest BCUT2D eigenvalue weighted by molar-refractivity contribution is 5.90. The zero-order valence-corrected chi connectivity index (χ0v) is 16.1. The molecule has 0 radical (unpaired) electrons. The Labute approximate surface area is 154 Å². The quantitative estimate of drug-likeness (QED) is 0.907. The molecule has 26 heavy (non-hydrogen) atoms. The predicted molar refractivity (Wildman–Crippen MR) is 103 cm³/mol. The number of pyridine rings is 1. The Bertz CT molecular complexity index is 820. The van der Waals surface area contributed by atoms with Gasteiger partial charge in [0.05, 0.1) is 0 Å². The van der Waals surface area contributed by atoms with Crippen LogP contribution in [0.25, 0.3) is 0 Å². The van der Waals surface area contributed by atoms with Gasteiger partial charge in [0.15, 0.2) is 0 Å². The first-order valence-corrected chi connectivity index (χ1v) is 8.87. The summed E-state index contributed by atoms with van der Waals surface area (Å²) < 4.78 is 0. The summed E-state index contributed by atoms with van der Waals surface area (Å²) in [4.78, 5) is 29.5. The number of nitrogens with one attached hydrogen (secondary N) is 1.